The van der Waals surface area contributed by atoms with Crippen molar-refractivity contribution in [1.82, 2.24) is 4.98 Å². The average Bonchev–Trinajstić information content (AvgIpc) is 2.76. The number of para-hydroxylation sites is 1. The summed E-state index contributed by atoms with van der Waals surface area (Å²) in [7, 11) is 0. The molecule has 3 aromatic rings. The van der Waals surface area contributed by atoms with Gasteiger partial charge in [-0.1, -0.05) is 18.2 Å². The molecule has 3 heteroatoms. The SMILES string of the molecule is Cc1cccc2cc(Cc3cnccc3N)oc12. The minimum absolute atomic E-state index is 0.674. The van der Waals surface area contributed by atoms with Crippen LogP contribution >= 0.6 is 0 Å². The van der Waals surface area contributed by atoms with Crippen LogP contribution in [-0.2, 0) is 6.42 Å². The Labute approximate surface area is 105 Å². The summed E-state index contributed by atoms with van der Waals surface area (Å²) >= 11 is 0. The number of fused-ring (bicyclic) bond motifs is 1. The number of nitrogens with zero attached hydrogens (tertiary/aromatic N) is 1. The number of rotatable bonds is 2. The van der Waals surface area contributed by atoms with Gasteiger partial charge in [0.05, 0.1) is 0 Å². The lowest BCUT2D eigenvalue weighted by molar-refractivity contribution is 0.560. The van der Waals surface area contributed by atoms with E-state index >= 15 is 0 Å². The summed E-state index contributed by atoms with van der Waals surface area (Å²) in [6, 6.07) is 10.0. The van der Waals surface area contributed by atoms with Gasteiger partial charge in [0.1, 0.15) is 11.3 Å². The molecule has 0 aliphatic heterocycles. The van der Waals surface area contributed by atoms with Crippen molar-refractivity contribution in [3.8, 4) is 0 Å². The number of anilines is 1. The summed E-state index contributed by atoms with van der Waals surface area (Å²) < 4.78 is 5.87. The van der Waals surface area contributed by atoms with Gasteiger partial charge >= 0.3 is 0 Å². The quantitative estimate of drug-likeness (QED) is 0.745. The van der Waals surface area contributed by atoms with Gasteiger partial charge in [-0.15, -0.1) is 0 Å². The van der Waals surface area contributed by atoms with Crippen molar-refractivity contribution in [3.05, 3.63) is 59.6 Å². The molecule has 3 nitrogen and oxygen atoms in total. The van der Waals surface area contributed by atoms with Crippen LogP contribution in [0.2, 0.25) is 0 Å². The Bertz CT molecular complexity index is 701. The number of benzene rings is 1. The molecule has 0 bridgehead atoms. The number of aromatic nitrogens is 1. The smallest absolute Gasteiger partial charge is 0.137 e. The fraction of sp³-hybridized carbons (Fsp3) is 0.133. The van der Waals surface area contributed by atoms with E-state index < -0.39 is 0 Å². The van der Waals surface area contributed by atoms with Crippen molar-refractivity contribution in [2.24, 2.45) is 0 Å². The maximum Gasteiger partial charge on any atom is 0.137 e. The van der Waals surface area contributed by atoms with Crippen LogP contribution in [0.15, 0.2) is 47.1 Å². The number of hydrogen-bond acceptors (Lipinski definition) is 3. The van der Waals surface area contributed by atoms with Crippen LogP contribution in [0.5, 0.6) is 0 Å². The Morgan fingerprint density at radius 1 is 1.28 bits per heavy atom. The van der Waals surface area contributed by atoms with Gasteiger partial charge in [0.15, 0.2) is 0 Å². The molecular weight excluding hydrogens is 224 g/mol. The third-order valence-electron chi connectivity index (χ3n) is 3.10. The van der Waals surface area contributed by atoms with E-state index in [1.165, 1.54) is 0 Å². The van der Waals surface area contributed by atoms with E-state index in [9.17, 15) is 0 Å². The number of nitrogen functional groups attached to an aromatic ring is 1. The second-order valence-corrected chi connectivity index (χ2v) is 4.46. The van der Waals surface area contributed by atoms with Crippen molar-refractivity contribution in [2.45, 2.75) is 13.3 Å². The van der Waals surface area contributed by atoms with E-state index in [0.29, 0.717) is 6.42 Å². The first kappa shape index (κ1) is 10.8. The Hall–Kier alpha value is -2.29. The fourth-order valence-corrected chi connectivity index (χ4v) is 2.12. The Balaban J connectivity index is 2.01. The summed E-state index contributed by atoms with van der Waals surface area (Å²) in [6.07, 6.45) is 4.16. The molecule has 90 valence electrons. The topological polar surface area (TPSA) is 52.0 Å². The van der Waals surface area contributed by atoms with Gasteiger partial charge in [-0.05, 0) is 24.6 Å². The van der Waals surface area contributed by atoms with E-state index in [-0.39, 0.29) is 0 Å². The van der Waals surface area contributed by atoms with Crippen LogP contribution < -0.4 is 5.73 Å². The third kappa shape index (κ3) is 1.84. The maximum atomic E-state index is 5.91. The van der Waals surface area contributed by atoms with Crippen LogP contribution in [0.3, 0.4) is 0 Å². The third-order valence-corrected chi connectivity index (χ3v) is 3.10. The van der Waals surface area contributed by atoms with Crippen molar-refractivity contribution in [1.29, 1.82) is 0 Å². The zero-order valence-electron chi connectivity index (χ0n) is 10.2. The minimum atomic E-state index is 0.674. The molecule has 0 radical (unpaired) electrons. The Kier molecular flexibility index (Phi) is 2.52. The molecule has 0 saturated carbocycles. The molecule has 2 heterocycles. The van der Waals surface area contributed by atoms with Crippen LogP contribution in [0.25, 0.3) is 11.0 Å². The summed E-state index contributed by atoms with van der Waals surface area (Å²) in [6.45, 7) is 2.05. The van der Waals surface area contributed by atoms with Gasteiger partial charge in [0.2, 0.25) is 0 Å². The van der Waals surface area contributed by atoms with Crippen molar-refractivity contribution in [3.63, 3.8) is 0 Å². The van der Waals surface area contributed by atoms with Gasteiger partial charge in [0, 0.05) is 35.5 Å². The molecule has 1 aromatic carbocycles. The summed E-state index contributed by atoms with van der Waals surface area (Å²) in [4.78, 5) is 4.09. The molecule has 2 N–H and O–H groups in total. The second kappa shape index (κ2) is 4.18. The first-order chi connectivity index (χ1) is 8.74. The van der Waals surface area contributed by atoms with E-state index in [1.807, 2.05) is 25.1 Å². The van der Waals surface area contributed by atoms with Gasteiger partial charge in [-0.25, -0.2) is 0 Å². The van der Waals surface area contributed by atoms with E-state index in [1.54, 1.807) is 12.4 Å². The highest BCUT2D eigenvalue weighted by Crippen LogP contribution is 2.25. The normalized spacial score (nSPS) is 10.9. The molecule has 2 aromatic heterocycles. The first-order valence-corrected chi connectivity index (χ1v) is 5.90. The summed E-state index contributed by atoms with van der Waals surface area (Å²) in [5, 5.41) is 1.13. The fourth-order valence-electron chi connectivity index (χ4n) is 2.12. The highest BCUT2D eigenvalue weighted by molar-refractivity contribution is 5.81. The van der Waals surface area contributed by atoms with Crippen LogP contribution in [-0.4, -0.2) is 4.98 Å². The molecule has 18 heavy (non-hydrogen) atoms. The van der Waals surface area contributed by atoms with Gasteiger partial charge < -0.3 is 10.2 Å². The predicted molar refractivity (Wildman–Crippen MR) is 72.4 cm³/mol. The maximum absolute atomic E-state index is 5.91. The zero-order valence-corrected chi connectivity index (χ0v) is 10.2. The molecule has 0 unspecified atom stereocenters. The van der Waals surface area contributed by atoms with Crippen LogP contribution in [0.1, 0.15) is 16.9 Å². The minimum Gasteiger partial charge on any atom is -0.460 e. The van der Waals surface area contributed by atoms with Crippen LogP contribution in [0, 0.1) is 6.92 Å². The largest absolute Gasteiger partial charge is 0.460 e. The molecule has 0 atom stereocenters. The lowest BCUT2D eigenvalue weighted by Gasteiger charge is -2.01. The lowest BCUT2D eigenvalue weighted by Crippen LogP contribution is -1.95. The predicted octanol–water partition coefficient (Wildman–Crippen LogP) is 3.31. The zero-order chi connectivity index (χ0) is 12.5. The highest BCUT2D eigenvalue weighted by atomic mass is 16.3. The Morgan fingerprint density at radius 2 is 2.17 bits per heavy atom. The van der Waals surface area contributed by atoms with Gasteiger partial charge in [-0.3, -0.25) is 4.98 Å². The molecule has 0 spiro atoms. The van der Waals surface area contributed by atoms with Crippen molar-refractivity contribution < 1.29 is 4.42 Å². The van der Waals surface area contributed by atoms with Gasteiger partial charge in [0.25, 0.3) is 0 Å². The number of aryl methyl sites for hydroxylation is 1. The molecule has 0 amide bonds. The van der Waals surface area contributed by atoms with E-state index in [0.717, 1.165) is 33.5 Å². The molecule has 0 aliphatic rings. The summed E-state index contributed by atoms with van der Waals surface area (Å²) in [5.74, 6) is 0.916. The number of furan rings is 1. The second-order valence-electron chi connectivity index (χ2n) is 4.46. The Morgan fingerprint density at radius 3 is 2.94 bits per heavy atom. The van der Waals surface area contributed by atoms with E-state index in [2.05, 4.69) is 17.1 Å². The van der Waals surface area contributed by atoms with E-state index in [4.69, 9.17) is 10.2 Å². The molecule has 0 aliphatic carbocycles. The molecule has 0 fully saturated rings. The van der Waals surface area contributed by atoms with Gasteiger partial charge in [-0.2, -0.15) is 0 Å². The number of hydrogen-bond donors (Lipinski definition) is 1. The van der Waals surface area contributed by atoms with Crippen molar-refractivity contribution >= 4 is 16.7 Å². The molecular formula is C15H14N2O. The highest BCUT2D eigenvalue weighted by Gasteiger charge is 2.08. The summed E-state index contributed by atoms with van der Waals surface area (Å²) in [5.41, 5.74) is 9.76. The van der Waals surface area contributed by atoms with Crippen molar-refractivity contribution in [2.75, 3.05) is 5.73 Å². The number of nitrogens with two attached hydrogens (primary N) is 1. The first-order valence-electron chi connectivity index (χ1n) is 5.90. The lowest BCUT2D eigenvalue weighted by atomic mass is 10.1. The monoisotopic (exact) mass is 238 g/mol. The average molecular weight is 238 g/mol. The van der Waals surface area contributed by atoms with Crippen LogP contribution in [0.4, 0.5) is 5.69 Å². The molecule has 3 rings (SSSR count). The molecule has 0 saturated heterocycles. The standard InChI is InChI=1S/C15H14N2O/c1-10-3-2-4-11-7-13(18-15(10)11)8-12-9-17-6-5-14(12)16/h2-7,9H,8H2,1H3,(H2,16,17). The number of pyridine rings is 1.